The van der Waals surface area contributed by atoms with Gasteiger partial charge in [0.15, 0.2) is 6.61 Å². The van der Waals surface area contributed by atoms with Gasteiger partial charge in [0.1, 0.15) is 6.54 Å². The van der Waals surface area contributed by atoms with Crippen molar-refractivity contribution < 1.29 is 14.3 Å². The molecule has 0 spiro atoms. The number of carbonyl (C=O) groups is 2. The molecule has 7 heteroatoms. The fourth-order valence-corrected chi connectivity index (χ4v) is 2.35. The van der Waals surface area contributed by atoms with Gasteiger partial charge in [0.25, 0.3) is 5.91 Å². The second-order valence-corrected chi connectivity index (χ2v) is 5.95. The summed E-state index contributed by atoms with van der Waals surface area (Å²) in [6.07, 6.45) is 4.15. The maximum atomic E-state index is 12.0. The standard InChI is InChI=1S/C19H24N4O3/c1-4-15-6-8-16(9-7-15)14(2)22-17(24)13-26-18(25)12-23(3)19-20-10-5-11-21-19/h5-11,14H,4,12-13H2,1-3H3,(H,22,24). The minimum Gasteiger partial charge on any atom is -0.454 e. The second kappa shape index (κ2) is 9.50. The molecule has 0 saturated heterocycles. The summed E-state index contributed by atoms with van der Waals surface area (Å²) in [5.41, 5.74) is 2.25. The Morgan fingerprint density at radius 2 is 1.85 bits per heavy atom. The van der Waals surface area contributed by atoms with E-state index in [0.717, 1.165) is 12.0 Å². The number of aromatic nitrogens is 2. The highest BCUT2D eigenvalue weighted by atomic mass is 16.5. The SMILES string of the molecule is CCc1ccc(C(C)NC(=O)COC(=O)CN(C)c2ncccn2)cc1. The van der Waals surface area contributed by atoms with Crippen molar-refractivity contribution in [3.8, 4) is 0 Å². The summed E-state index contributed by atoms with van der Waals surface area (Å²) in [4.78, 5) is 33.5. The van der Waals surface area contributed by atoms with Gasteiger partial charge in [0, 0.05) is 19.4 Å². The number of anilines is 1. The Morgan fingerprint density at radius 3 is 2.46 bits per heavy atom. The molecule has 0 fully saturated rings. The van der Waals surface area contributed by atoms with Crippen molar-refractivity contribution in [1.29, 1.82) is 0 Å². The van der Waals surface area contributed by atoms with Gasteiger partial charge in [-0.2, -0.15) is 0 Å². The quantitative estimate of drug-likeness (QED) is 0.727. The number of nitrogens with zero attached hydrogens (tertiary/aromatic N) is 3. The van der Waals surface area contributed by atoms with E-state index in [1.165, 1.54) is 5.56 Å². The average molecular weight is 356 g/mol. The highest BCUT2D eigenvalue weighted by molar-refractivity contribution is 5.82. The predicted octanol–water partition coefficient (Wildman–Crippen LogP) is 1.90. The van der Waals surface area contributed by atoms with E-state index in [9.17, 15) is 9.59 Å². The van der Waals surface area contributed by atoms with E-state index in [-0.39, 0.29) is 25.1 Å². The lowest BCUT2D eigenvalue weighted by atomic mass is 10.1. The number of hydrogen-bond donors (Lipinski definition) is 1. The lowest BCUT2D eigenvalue weighted by Gasteiger charge is -2.17. The number of benzene rings is 1. The van der Waals surface area contributed by atoms with Gasteiger partial charge >= 0.3 is 5.97 Å². The Bertz CT molecular complexity index is 719. The first-order valence-electron chi connectivity index (χ1n) is 8.51. The first kappa shape index (κ1) is 19.4. The zero-order valence-corrected chi connectivity index (χ0v) is 15.3. The summed E-state index contributed by atoms with van der Waals surface area (Å²) >= 11 is 0. The number of amides is 1. The molecule has 1 aromatic heterocycles. The fourth-order valence-electron chi connectivity index (χ4n) is 2.35. The van der Waals surface area contributed by atoms with Crippen LogP contribution in [0.5, 0.6) is 0 Å². The van der Waals surface area contributed by atoms with Gasteiger partial charge in [0.05, 0.1) is 6.04 Å². The van der Waals surface area contributed by atoms with Crippen LogP contribution in [0.3, 0.4) is 0 Å². The molecule has 0 radical (unpaired) electrons. The summed E-state index contributed by atoms with van der Waals surface area (Å²) in [5, 5.41) is 2.82. The summed E-state index contributed by atoms with van der Waals surface area (Å²) in [5.74, 6) is -0.447. The highest BCUT2D eigenvalue weighted by Gasteiger charge is 2.14. The normalized spacial score (nSPS) is 11.5. The molecule has 1 atom stereocenters. The molecule has 0 saturated carbocycles. The highest BCUT2D eigenvalue weighted by Crippen LogP contribution is 2.13. The van der Waals surface area contributed by atoms with Crippen LogP contribution in [0.1, 0.15) is 31.0 Å². The fraction of sp³-hybridized carbons (Fsp3) is 0.368. The Kier molecular flexibility index (Phi) is 7.08. The zero-order chi connectivity index (χ0) is 18.9. The van der Waals surface area contributed by atoms with Crippen LogP contribution in [0.2, 0.25) is 0 Å². The number of hydrogen-bond acceptors (Lipinski definition) is 6. The van der Waals surface area contributed by atoms with Gasteiger partial charge in [-0.3, -0.25) is 9.59 Å². The number of likely N-dealkylation sites (N-methyl/N-ethyl adjacent to an activating group) is 1. The number of nitrogens with one attached hydrogen (secondary N) is 1. The summed E-state index contributed by atoms with van der Waals surface area (Å²) in [7, 11) is 1.68. The largest absolute Gasteiger partial charge is 0.454 e. The molecule has 1 unspecified atom stereocenters. The molecule has 1 aromatic carbocycles. The number of esters is 1. The molecule has 0 bridgehead atoms. The third kappa shape index (κ3) is 5.84. The molecular formula is C19H24N4O3. The summed E-state index contributed by atoms with van der Waals surface area (Å²) < 4.78 is 5.02. The van der Waals surface area contributed by atoms with Crippen LogP contribution in [-0.2, 0) is 20.7 Å². The Balaban J connectivity index is 1.75. The van der Waals surface area contributed by atoms with Crippen molar-refractivity contribution >= 4 is 17.8 Å². The third-order valence-corrected chi connectivity index (χ3v) is 3.89. The van der Waals surface area contributed by atoms with Crippen LogP contribution >= 0.6 is 0 Å². The van der Waals surface area contributed by atoms with E-state index in [1.807, 2.05) is 31.2 Å². The molecule has 2 aromatic rings. The number of ether oxygens (including phenoxy) is 1. The molecule has 0 aliphatic rings. The van der Waals surface area contributed by atoms with Gasteiger partial charge in [0.2, 0.25) is 5.95 Å². The molecule has 0 aliphatic carbocycles. The van der Waals surface area contributed by atoms with Crippen molar-refractivity contribution in [1.82, 2.24) is 15.3 Å². The van der Waals surface area contributed by atoms with E-state index < -0.39 is 5.97 Å². The molecule has 1 amide bonds. The van der Waals surface area contributed by atoms with E-state index in [0.29, 0.717) is 5.95 Å². The van der Waals surface area contributed by atoms with Crippen molar-refractivity contribution in [3.63, 3.8) is 0 Å². The van der Waals surface area contributed by atoms with Crippen LogP contribution in [0.25, 0.3) is 0 Å². The van der Waals surface area contributed by atoms with Crippen LogP contribution in [0, 0.1) is 0 Å². The third-order valence-electron chi connectivity index (χ3n) is 3.89. The van der Waals surface area contributed by atoms with E-state index in [1.54, 1.807) is 30.4 Å². The van der Waals surface area contributed by atoms with Crippen LogP contribution in [-0.4, -0.2) is 42.0 Å². The van der Waals surface area contributed by atoms with Gasteiger partial charge in [-0.15, -0.1) is 0 Å². The predicted molar refractivity (Wildman–Crippen MR) is 98.6 cm³/mol. The topological polar surface area (TPSA) is 84.4 Å². The molecule has 2 rings (SSSR count). The van der Waals surface area contributed by atoms with Crippen molar-refractivity contribution in [3.05, 3.63) is 53.9 Å². The molecule has 0 aliphatic heterocycles. The maximum Gasteiger partial charge on any atom is 0.326 e. The van der Waals surface area contributed by atoms with Gasteiger partial charge in [-0.25, -0.2) is 9.97 Å². The van der Waals surface area contributed by atoms with E-state index >= 15 is 0 Å². The average Bonchev–Trinajstić information content (AvgIpc) is 2.67. The van der Waals surface area contributed by atoms with Crippen LogP contribution in [0.4, 0.5) is 5.95 Å². The first-order chi connectivity index (χ1) is 12.5. The molecule has 1 heterocycles. The zero-order valence-electron chi connectivity index (χ0n) is 15.3. The van der Waals surface area contributed by atoms with E-state index in [2.05, 4.69) is 22.2 Å². The lowest BCUT2D eigenvalue weighted by molar-refractivity contribution is -0.147. The monoisotopic (exact) mass is 356 g/mol. The summed E-state index contributed by atoms with van der Waals surface area (Å²) in [6.45, 7) is 3.63. The molecule has 26 heavy (non-hydrogen) atoms. The summed E-state index contributed by atoms with van der Waals surface area (Å²) in [6, 6.07) is 9.60. The van der Waals surface area contributed by atoms with Crippen LogP contribution in [0.15, 0.2) is 42.7 Å². The minimum absolute atomic E-state index is 0.0364. The Morgan fingerprint density at radius 1 is 1.19 bits per heavy atom. The van der Waals surface area contributed by atoms with Crippen molar-refractivity contribution in [2.75, 3.05) is 25.1 Å². The van der Waals surface area contributed by atoms with Gasteiger partial charge < -0.3 is 15.0 Å². The first-order valence-corrected chi connectivity index (χ1v) is 8.51. The molecule has 138 valence electrons. The smallest absolute Gasteiger partial charge is 0.326 e. The maximum absolute atomic E-state index is 12.0. The van der Waals surface area contributed by atoms with E-state index in [4.69, 9.17) is 4.74 Å². The van der Waals surface area contributed by atoms with Crippen molar-refractivity contribution in [2.45, 2.75) is 26.3 Å². The second-order valence-electron chi connectivity index (χ2n) is 5.95. The number of carbonyl (C=O) groups excluding carboxylic acids is 2. The Labute approximate surface area is 153 Å². The Hall–Kier alpha value is -2.96. The number of aryl methyl sites for hydroxylation is 1. The molecule has 7 nitrogen and oxygen atoms in total. The number of rotatable bonds is 8. The molecular weight excluding hydrogens is 332 g/mol. The lowest BCUT2D eigenvalue weighted by Crippen LogP contribution is -2.34. The van der Waals surface area contributed by atoms with Crippen molar-refractivity contribution in [2.24, 2.45) is 0 Å². The minimum atomic E-state index is -0.518. The van der Waals surface area contributed by atoms with Gasteiger partial charge in [-0.1, -0.05) is 31.2 Å². The van der Waals surface area contributed by atoms with Crippen LogP contribution < -0.4 is 10.2 Å². The molecule has 1 N–H and O–H groups in total. The van der Waals surface area contributed by atoms with Gasteiger partial charge in [-0.05, 0) is 30.5 Å².